The van der Waals surface area contributed by atoms with E-state index in [9.17, 15) is 8.42 Å². The third-order valence-corrected chi connectivity index (χ3v) is 3.44. The highest BCUT2D eigenvalue weighted by Crippen LogP contribution is 2.08. The van der Waals surface area contributed by atoms with Gasteiger partial charge in [-0.15, -0.1) is 0 Å². The van der Waals surface area contributed by atoms with Gasteiger partial charge in [-0.25, -0.2) is 13.1 Å². The standard InChI is InChI=1S/C11H22N2O2S/c1-11(2)7-5-3-4-6-9-13-16(14,15)10-8-12/h11,13H,3-7,9-10H2,1-2H3. The highest BCUT2D eigenvalue weighted by Gasteiger charge is 2.07. The van der Waals surface area contributed by atoms with E-state index in [4.69, 9.17) is 5.26 Å². The second-order valence-corrected chi connectivity index (χ2v) is 6.22. The maximum absolute atomic E-state index is 11.1. The van der Waals surface area contributed by atoms with E-state index in [1.165, 1.54) is 12.8 Å². The van der Waals surface area contributed by atoms with E-state index < -0.39 is 15.8 Å². The highest BCUT2D eigenvalue weighted by molar-refractivity contribution is 7.89. The van der Waals surface area contributed by atoms with E-state index in [1.54, 1.807) is 6.07 Å². The van der Waals surface area contributed by atoms with E-state index in [1.807, 2.05) is 0 Å². The molecule has 0 spiro atoms. The molecule has 0 saturated heterocycles. The van der Waals surface area contributed by atoms with Gasteiger partial charge in [0.25, 0.3) is 0 Å². The van der Waals surface area contributed by atoms with Crippen LogP contribution in [0.2, 0.25) is 0 Å². The summed E-state index contributed by atoms with van der Waals surface area (Å²) >= 11 is 0. The molecule has 0 aromatic heterocycles. The van der Waals surface area contributed by atoms with E-state index in [0.29, 0.717) is 6.54 Å². The van der Waals surface area contributed by atoms with Crippen molar-refractivity contribution < 1.29 is 8.42 Å². The lowest BCUT2D eigenvalue weighted by atomic mass is 10.0. The maximum Gasteiger partial charge on any atom is 0.225 e. The molecule has 0 aliphatic heterocycles. The van der Waals surface area contributed by atoms with Crippen molar-refractivity contribution in [2.24, 2.45) is 5.92 Å². The number of nitrogens with one attached hydrogen (secondary N) is 1. The summed E-state index contributed by atoms with van der Waals surface area (Å²) < 4.78 is 24.6. The summed E-state index contributed by atoms with van der Waals surface area (Å²) in [4.78, 5) is 0. The largest absolute Gasteiger partial charge is 0.225 e. The van der Waals surface area contributed by atoms with Crippen LogP contribution in [0.25, 0.3) is 0 Å². The Bertz CT molecular complexity index is 304. The van der Waals surface area contributed by atoms with Crippen molar-refractivity contribution in [1.29, 1.82) is 5.26 Å². The molecule has 0 aromatic rings. The molecule has 0 saturated carbocycles. The number of unbranched alkanes of at least 4 members (excludes halogenated alkanes) is 3. The van der Waals surface area contributed by atoms with Gasteiger partial charge in [0, 0.05) is 6.54 Å². The molecule has 5 heteroatoms. The van der Waals surface area contributed by atoms with Crippen LogP contribution in [0.4, 0.5) is 0 Å². The molecule has 0 fully saturated rings. The van der Waals surface area contributed by atoms with Gasteiger partial charge in [-0.3, -0.25) is 0 Å². The monoisotopic (exact) mass is 246 g/mol. The molecule has 1 N–H and O–H groups in total. The first-order chi connectivity index (χ1) is 7.48. The lowest BCUT2D eigenvalue weighted by Crippen LogP contribution is -2.26. The Balaban J connectivity index is 3.38. The highest BCUT2D eigenvalue weighted by atomic mass is 32.2. The van der Waals surface area contributed by atoms with Crippen molar-refractivity contribution in [3.05, 3.63) is 0 Å². The molecule has 0 heterocycles. The van der Waals surface area contributed by atoms with Crippen molar-refractivity contribution >= 4 is 10.0 Å². The minimum atomic E-state index is -3.35. The van der Waals surface area contributed by atoms with Crippen LogP contribution < -0.4 is 4.72 Å². The third kappa shape index (κ3) is 9.94. The fraction of sp³-hybridized carbons (Fsp3) is 0.909. The van der Waals surface area contributed by atoms with Crippen molar-refractivity contribution in [2.45, 2.75) is 46.0 Å². The van der Waals surface area contributed by atoms with E-state index >= 15 is 0 Å². The number of sulfonamides is 1. The van der Waals surface area contributed by atoms with E-state index in [2.05, 4.69) is 18.6 Å². The van der Waals surface area contributed by atoms with Crippen LogP contribution in [-0.4, -0.2) is 20.7 Å². The molecule has 0 amide bonds. The summed E-state index contributed by atoms with van der Waals surface area (Å²) in [6.45, 7) is 4.86. The SMILES string of the molecule is CC(C)CCCCCCNS(=O)(=O)CC#N. The van der Waals surface area contributed by atoms with Gasteiger partial charge < -0.3 is 0 Å². The second kappa shape index (κ2) is 8.54. The van der Waals surface area contributed by atoms with Crippen LogP contribution in [0.15, 0.2) is 0 Å². The fourth-order valence-electron chi connectivity index (χ4n) is 1.39. The van der Waals surface area contributed by atoms with Crippen molar-refractivity contribution in [3.63, 3.8) is 0 Å². The number of nitriles is 1. The Hall–Kier alpha value is -0.600. The van der Waals surface area contributed by atoms with Gasteiger partial charge in [0.05, 0.1) is 6.07 Å². The van der Waals surface area contributed by atoms with Crippen LogP contribution in [0.5, 0.6) is 0 Å². The Morgan fingerprint density at radius 2 is 1.81 bits per heavy atom. The molecular formula is C11H22N2O2S. The van der Waals surface area contributed by atoms with E-state index in [0.717, 1.165) is 25.2 Å². The molecule has 0 bridgehead atoms. The molecule has 16 heavy (non-hydrogen) atoms. The minimum Gasteiger partial charge on any atom is -0.214 e. The summed E-state index contributed by atoms with van der Waals surface area (Å²) in [5, 5.41) is 8.26. The average molecular weight is 246 g/mol. The predicted octanol–water partition coefficient (Wildman–Crippen LogP) is 2.04. The van der Waals surface area contributed by atoms with Crippen molar-refractivity contribution in [3.8, 4) is 6.07 Å². The molecular weight excluding hydrogens is 224 g/mol. The molecule has 0 radical (unpaired) electrons. The zero-order chi connectivity index (χ0) is 12.4. The molecule has 0 atom stereocenters. The summed E-state index contributed by atoms with van der Waals surface area (Å²) in [5.41, 5.74) is 0. The smallest absolute Gasteiger partial charge is 0.214 e. The summed E-state index contributed by atoms with van der Waals surface area (Å²) in [6.07, 6.45) is 5.49. The van der Waals surface area contributed by atoms with Crippen LogP contribution in [0, 0.1) is 17.2 Å². The van der Waals surface area contributed by atoms with Gasteiger partial charge >= 0.3 is 0 Å². The third-order valence-electron chi connectivity index (χ3n) is 2.28. The normalized spacial score (nSPS) is 11.6. The number of hydrogen-bond acceptors (Lipinski definition) is 3. The van der Waals surface area contributed by atoms with Crippen molar-refractivity contribution in [2.75, 3.05) is 12.3 Å². The zero-order valence-corrected chi connectivity index (χ0v) is 11.0. The zero-order valence-electron chi connectivity index (χ0n) is 10.2. The molecule has 0 aliphatic carbocycles. The minimum absolute atomic E-state index is 0.444. The van der Waals surface area contributed by atoms with Crippen molar-refractivity contribution in [1.82, 2.24) is 4.72 Å². The Kier molecular flexibility index (Phi) is 8.22. The first-order valence-electron chi connectivity index (χ1n) is 5.82. The summed E-state index contributed by atoms with van der Waals surface area (Å²) in [5.74, 6) is 0.300. The van der Waals surface area contributed by atoms with Crippen LogP contribution in [-0.2, 0) is 10.0 Å². The quantitative estimate of drug-likeness (QED) is 0.633. The molecule has 0 rings (SSSR count). The Morgan fingerprint density at radius 1 is 1.19 bits per heavy atom. The van der Waals surface area contributed by atoms with Gasteiger partial charge in [-0.05, 0) is 12.3 Å². The average Bonchev–Trinajstić information content (AvgIpc) is 2.15. The molecule has 94 valence electrons. The van der Waals surface area contributed by atoms with Crippen LogP contribution in [0.1, 0.15) is 46.0 Å². The number of rotatable bonds is 9. The lowest BCUT2D eigenvalue weighted by Gasteiger charge is -2.05. The van der Waals surface area contributed by atoms with Gasteiger partial charge in [0.1, 0.15) is 0 Å². The predicted molar refractivity (Wildman–Crippen MR) is 65.3 cm³/mol. The lowest BCUT2D eigenvalue weighted by molar-refractivity contribution is 0.518. The van der Waals surface area contributed by atoms with Crippen LogP contribution >= 0.6 is 0 Å². The second-order valence-electron chi connectivity index (χ2n) is 4.41. The van der Waals surface area contributed by atoms with Crippen LogP contribution in [0.3, 0.4) is 0 Å². The number of hydrogen-bond donors (Lipinski definition) is 1. The Morgan fingerprint density at radius 3 is 2.38 bits per heavy atom. The number of nitrogens with zero attached hydrogens (tertiary/aromatic N) is 1. The fourth-order valence-corrected chi connectivity index (χ4v) is 2.12. The molecule has 0 aliphatic rings. The maximum atomic E-state index is 11.1. The summed E-state index contributed by atoms with van der Waals surface area (Å²) in [6, 6.07) is 1.63. The van der Waals surface area contributed by atoms with Gasteiger partial charge in [0.2, 0.25) is 10.0 Å². The van der Waals surface area contributed by atoms with Gasteiger partial charge in [0.15, 0.2) is 5.75 Å². The molecule has 0 aromatic carbocycles. The Labute approximate surface area is 99.1 Å². The molecule has 4 nitrogen and oxygen atoms in total. The summed E-state index contributed by atoms with van der Waals surface area (Å²) in [7, 11) is -3.35. The first-order valence-corrected chi connectivity index (χ1v) is 7.47. The van der Waals surface area contributed by atoms with E-state index in [-0.39, 0.29) is 0 Å². The topological polar surface area (TPSA) is 70.0 Å². The van der Waals surface area contributed by atoms with Gasteiger partial charge in [-0.2, -0.15) is 5.26 Å². The first kappa shape index (κ1) is 15.4. The molecule has 0 unspecified atom stereocenters. The van der Waals surface area contributed by atoms with Gasteiger partial charge in [-0.1, -0.05) is 39.5 Å².